The second-order valence-corrected chi connectivity index (χ2v) is 6.86. The minimum absolute atomic E-state index is 0.177. The number of benzene rings is 1. The van der Waals surface area contributed by atoms with Crippen molar-refractivity contribution in [1.82, 2.24) is 10.2 Å². The molecule has 2 aliphatic rings. The fraction of sp³-hybridized carbons (Fsp3) is 0.474. The van der Waals surface area contributed by atoms with Gasteiger partial charge in [-0.15, -0.1) is 0 Å². The first-order valence-corrected chi connectivity index (χ1v) is 9.19. The lowest BCUT2D eigenvalue weighted by atomic mass is 10.0. The number of hydrogen-bond donors (Lipinski definition) is 3. The van der Waals surface area contributed by atoms with E-state index in [1.54, 1.807) is 12.1 Å². The van der Waals surface area contributed by atoms with Crippen molar-refractivity contribution in [3.05, 3.63) is 29.3 Å². The number of hydrogen-bond acceptors (Lipinski definition) is 5. The number of carboxylic acids is 1. The average Bonchev–Trinajstić information content (AvgIpc) is 2.95. The lowest BCUT2D eigenvalue weighted by Crippen LogP contribution is -2.52. The number of carbonyl (C=O) groups excluding carboxylic acids is 3. The van der Waals surface area contributed by atoms with E-state index in [0.717, 1.165) is 24.1 Å². The van der Waals surface area contributed by atoms with Crippen LogP contribution in [0.3, 0.4) is 0 Å². The molecule has 0 bridgehead atoms. The largest absolute Gasteiger partial charge is 0.481 e. The fourth-order valence-electron chi connectivity index (χ4n) is 3.55. The quantitative estimate of drug-likeness (QED) is 0.470. The summed E-state index contributed by atoms with van der Waals surface area (Å²) in [5.74, 6) is -1.69. The number of unbranched alkanes of at least 4 members (excludes halogenated alkanes) is 2. The molecular formula is C19H23N3O5. The molecule has 8 nitrogen and oxygen atoms in total. The number of imide groups is 1. The van der Waals surface area contributed by atoms with Crippen molar-refractivity contribution in [2.75, 3.05) is 11.9 Å². The Hall–Kier alpha value is -2.90. The minimum atomic E-state index is -0.782. The van der Waals surface area contributed by atoms with E-state index < -0.39 is 17.9 Å². The number of carbonyl (C=O) groups is 4. The summed E-state index contributed by atoms with van der Waals surface area (Å²) < 4.78 is 0. The first-order chi connectivity index (χ1) is 13.0. The molecule has 8 heteroatoms. The van der Waals surface area contributed by atoms with Crippen LogP contribution in [0.4, 0.5) is 5.69 Å². The van der Waals surface area contributed by atoms with Crippen LogP contribution in [0.1, 0.15) is 54.4 Å². The molecule has 0 spiro atoms. The van der Waals surface area contributed by atoms with Gasteiger partial charge in [0.1, 0.15) is 6.04 Å². The summed E-state index contributed by atoms with van der Waals surface area (Å²) in [6.45, 7) is 1.02. The summed E-state index contributed by atoms with van der Waals surface area (Å²) >= 11 is 0. The minimum Gasteiger partial charge on any atom is -0.481 e. The van der Waals surface area contributed by atoms with E-state index in [0.29, 0.717) is 31.5 Å². The third kappa shape index (κ3) is 4.27. The molecule has 1 saturated heterocycles. The molecule has 0 aliphatic carbocycles. The van der Waals surface area contributed by atoms with Gasteiger partial charge in [-0.3, -0.25) is 24.5 Å². The number of carboxylic acid groups (broad SMARTS) is 1. The van der Waals surface area contributed by atoms with Gasteiger partial charge >= 0.3 is 5.97 Å². The van der Waals surface area contributed by atoms with Gasteiger partial charge in [-0.2, -0.15) is 0 Å². The summed E-state index contributed by atoms with van der Waals surface area (Å²) in [7, 11) is 0. The molecule has 1 atom stereocenters. The lowest BCUT2D eigenvalue weighted by Gasteiger charge is -2.29. The maximum atomic E-state index is 12.7. The Balaban J connectivity index is 1.61. The molecule has 27 heavy (non-hydrogen) atoms. The highest BCUT2D eigenvalue weighted by molar-refractivity contribution is 6.06. The van der Waals surface area contributed by atoms with Crippen molar-refractivity contribution in [2.45, 2.75) is 51.1 Å². The summed E-state index contributed by atoms with van der Waals surface area (Å²) in [4.78, 5) is 48.2. The smallest absolute Gasteiger partial charge is 0.303 e. The Labute approximate surface area is 156 Å². The second kappa shape index (κ2) is 8.20. The summed E-state index contributed by atoms with van der Waals surface area (Å²) in [6, 6.07) is 4.84. The number of nitrogens with zero attached hydrogens (tertiary/aromatic N) is 1. The van der Waals surface area contributed by atoms with Gasteiger partial charge in [0.05, 0.1) is 0 Å². The van der Waals surface area contributed by atoms with E-state index in [1.807, 2.05) is 6.07 Å². The Morgan fingerprint density at radius 1 is 1.22 bits per heavy atom. The number of amides is 3. The average molecular weight is 373 g/mol. The Kier molecular flexibility index (Phi) is 5.73. The van der Waals surface area contributed by atoms with Crippen LogP contribution >= 0.6 is 0 Å². The van der Waals surface area contributed by atoms with Crippen molar-refractivity contribution >= 4 is 29.4 Å². The third-order valence-electron chi connectivity index (χ3n) is 4.96. The zero-order valence-corrected chi connectivity index (χ0v) is 15.0. The number of anilines is 1. The molecule has 2 heterocycles. The van der Waals surface area contributed by atoms with E-state index in [9.17, 15) is 19.2 Å². The summed E-state index contributed by atoms with van der Waals surface area (Å²) in [5, 5.41) is 14.3. The molecule has 144 valence electrons. The highest BCUT2D eigenvalue weighted by atomic mass is 16.4. The highest BCUT2D eigenvalue weighted by Gasteiger charge is 2.39. The van der Waals surface area contributed by atoms with Crippen molar-refractivity contribution in [2.24, 2.45) is 0 Å². The second-order valence-electron chi connectivity index (χ2n) is 6.86. The topological polar surface area (TPSA) is 116 Å². The first kappa shape index (κ1) is 18.9. The van der Waals surface area contributed by atoms with Crippen LogP contribution < -0.4 is 10.6 Å². The SMILES string of the molecule is O=C(O)CCCCCNc1cccc2c1CN(C1CCC(=O)NC1=O)C2=O. The standard InChI is InChI=1S/C19H23N3O5/c23-16-9-8-15(18(26)21-16)22-11-13-12(19(22)27)5-4-6-14(13)20-10-3-1-2-7-17(24)25/h4-6,15,20H,1-3,7-11H2,(H,24,25)(H,21,23,26). The molecule has 0 radical (unpaired) electrons. The van der Waals surface area contributed by atoms with Gasteiger partial charge in [0.25, 0.3) is 5.91 Å². The molecule has 0 aromatic heterocycles. The number of piperidine rings is 1. The monoisotopic (exact) mass is 373 g/mol. The van der Waals surface area contributed by atoms with Gasteiger partial charge in [0.2, 0.25) is 11.8 Å². The lowest BCUT2D eigenvalue weighted by molar-refractivity contribution is -0.138. The maximum absolute atomic E-state index is 12.7. The number of nitrogens with one attached hydrogen (secondary N) is 2. The van der Waals surface area contributed by atoms with E-state index in [1.165, 1.54) is 4.90 Å². The van der Waals surface area contributed by atoms with Crippen LogP contribution in [0.25, 0.3) is 0 Å². The number of fused-ring (bicyclic) bond motifs is 1. The van der Waals surface area contributed by atoms with E-state index in [2.05, 4.69) is 10.6 Å². The predicted molar refractivity (Wildman–Crippen MR) is 97.1 cm³/mol. The Bertz CT molecular complexity index is 777. The van der Waals surface area contributed by atoms with E-state index in [-0.39, 0.29) is 24.7 Å². The Morgan fingerprint density at radius 3 is 2.78 bits per heavy atom. The highest BCUT2D eigenvalue weighted by Crippen LogP contribution is 2.32. The van der Waals surface area contributed by atoms with Gasteiger partial charge in [-0.25, -0.2) is 0 Å². The molecule has 1 unspecified atom stereocenters. The maximum Gasteiger partial charge on any atom is 0.303 e. The van der Waals surface area contributed by atoms with Crippen LogP contribution in [0, 0.1) is 0 Å². The molecule has 2 aliphatic heterocycles. The number of rotatable bonds is 8. The van der Waals surface area contributed by atoms with Crippen molar-refractivity contribution in [3.8, 4) is 0 Å². The fourth-order valence-corrected chi connectivity index (χ4v) is 3.55. The van der Waals surface area contributed by atoms with Gasteiger partial charge in [-0.05, 0) is 31.4 Å². The van der Waals surface area contributed by atoms with E-state index >= 15 is 0 Å². The molecule has 0 saturated carbocycles. The zero-order chi connectivity index (χ0) is 19.4. The van der Waals surface area contributed by atoms with Crippen LogP contribution in [-0.4, -0.2) is 46.3 Å². The van der Waals surface area contributed by atoms with Crippen molar-refractivity contribution in [1.29, 1.82) is 0 Å². The molecule has 1 aromatic carbocycles. The molecule has 3 rings (SSSR count). The zero-order valence-electron chi connectivity index (χ0n) is 15.0. The summed E-state index contributed by atoms with van der Waals surface area (Å²) in [5.41, 5.74) is 2.29. The van der Waals surface area contributed by atoms with Crippen LogP contribution in [0.5, 0.6) is 0 Å². The molecule has 1 aromatic rings. The molecule has 3 amide bonds. The van der Waals surface area contributed by atoms with Crippen molar-refractivity contribution < 1.29 is 24.3 Å². The molecule has 1 fully saturated rings. The predicted octanol–water partition coefficient (Wildman–Crippen LogP) is 1.50. The molecule has 3 N–H and O–H groups in total. The normalized spacial score (nSPS) is 19.0. The molecular weight excluding hydrogens is 350 g/mol. The summed E-state index contributed by atoms with van der Waals surface area (Å²) in [6.07, 6.45) is 3.05. The van der Waals surface area contributed by atoms with Crippen molar-refractivity contribution in [3.63, 3.8) is 0 Å². The number of aliphatic carboxylic acids is 1. The van der Waals surface area contributed by atoms with Gasteiger partial charge in [0.15, 0.2) is 0 Å². The van der Waals surface area contributed by atoms with E-state index in [4.69, 9.17) is 5.11 Å². The van der Waals surface area contributed by atoms with Crippen LogP contribution in [-0.2, 0) is 20.9 Å². The first-order valence-electron chi connectivity index (χ1n) is 9.19. The van der Waals surface area contributed by atoms with Gasteiger partial charge in [0, 0.05) is 42.7 Å². The van der Waals surface area contributed by atoms with Gasteiger partial charge < -0.3 is 15.3 Å². The van der Waals surface area contributed by atoms with Crippen LogP contribution in [0.2, 0.25) is 0 Å². The van der Waals surface area contributed by atoms with Crippen LogP contribution in [0.15, 0.2) is 18.2 Å². The third-order valence-corrected chi connectivity index (χ3v) is 4.96. The van der Waals surface area contributed by atoms with Gasteiger partial charge in [-0.1, -0.05) is 12.5 Å². The Morgan fingerprint density at radius 2 is 2.04 bits per heavy atom.